The Bertz CT molecular complexity index is 660. The van der Waals surface area contributed by atoms with Crippen molar-refractivity contribution in [2.24, 2.45) is 0 Å². The molecule has 0 fully saturated rings. The molecule has 1 atom stereocenters. The largest absolute Gasteiger partial charge is 0.480 e. The van der Waals surface area contributed by atoms with Crippen LogP contribution in [0.2, 0.25) is 0 Å². The van der Waals surface area contributed by atoms with E-state index in [9.17, 15) is 14.7 Å². The Balaban J connectivity index is 2.05. The number of hydrogen-bond acceptors (Lipinski definition) is 4. The summed E-state index contributed by atoms with van der Waals surface area (Å²) in [7, 11) is 1.24. The van der Waals surface area contributed by atoms with Gasteiger partial charge in [0.1, 0.15) is 6.61 Å². The van der Waals surface area contributed by atoms with E-state index >= 15 is 0 Å². The molecule has 2 aromatic carbocycles. The number of carboxylic acid groups (broad SMARTS) is 1. The molecule has 0 aliphatic rings. The number of nitrogens with zero attached hydrogens (tertiary/aromatic N) is 1. The van der Waals surface area contributed by atoms with Crippen LogP contribution in [0.3, 0.4) is 0 Å². The summed E-state index contributed by atoms with van der Waals surface area (Å²) in [6.45, 7) is 0.0389. The number of benzene rings is 2. The lowest BCUT2D eigenvalue weighted by atomic mass is 10.1. The van der Waals surface area contributed by atoms with E-state index in [2.05, 4.69) is 0 Å². The second kappa shape index (κ2) is 8.69. The van der Waals surface area contributed by atoms with E-state index in [-0.39, 0.29) is 13.0 Å². The van der Waals surface area contributed by atoms with Crippen LogP contribution < -0.4 is 0 Å². The molecule has 0 saturated heterocycles. The predicted octanol–water partition coefficient (Wildman–Crippen LogP) is 2.88. The predicted molar refractivity (Wildman–Crippen MR) is 87.0 cm³/mol. The average molecular weight is 329 g/mol. The summed E-state index contributed by atoms with van der Waals surface area (Å²) in [5, 5.41) is 10.2. The molecule has 6 heteroatoms. The molecule has 0 spiro atoms. The van der Waals surface area contributed by atoms with Crippen LogP contribution in [0.5, 0.6) is 0 Å². The zero-order valence-electron chi connectivity index (χ0n) is 13.3. The smallest absolute Gasteiger partial charge is 0.435 e. The van der Waals surface area contributed by atoms with Crippen LogP contribution in [-0.2, 0) is 27.4 Å². The van der Waals surface area contributed by atoms with Crippen LogP contribution in [0.15, 0.2) is 60.7 Å². The number of rotatable bonds is 7. The van der Waals surface area contributed by atoms with Gasteiger partial charge >= 0.3 is 12.1 Å². The van der Waals surface area contributed by atoms with E-state index in [0.29, 0.717) is 0 Å². The minimum absolute atomic E-state index is 0.0389. The highest BCUT2D eigenvalue weighted by atomic mass is 16.7. The van der Waals surface area contributed by atoms with Gasteiger partial charge in [-0.25, -0.2) is 9.59 Å². The monoisotopic (exact) mass is 329 g/mol. The second-order valence-corrected chi connectivity index (χ2v) is 5.09. The molecule has 0 heterocycles. The normalized spacial score (nSPS) is 11.5. The standard InChI is InChI=1S/C18H19NO5/c1-23-19(18(22)24-13-15-10-6-3-7-11-15)16(17(20)21)12-14-8-4-2-5-9-14/h2-11,16H,12-13H2,1H3,(H,20,21)/t16-/m0/s1. The molecule has 0 aromatic heterocycles. The lowest BCUT2D eigenvalue weighted by Crippen LogP contribution is -2.45. The quantitative estimate of drug-likeness (QED) is 0.791. The van der Waals surface area contributed by atoms with Crippen LogP contribution in [0.1, 0.15) is 11.1 Å². The van der Waals surface area contributed by atoms with Crippen LogP contribution in [0, 0.1) is 0 Å². The van der Waals surface area contributed by atoms with Gasteiger partial charge in [-0.05, 0) is 11.1 Å². The van der Waals surface area contributed by atoms with Crippen molar-refractivity contribution in [1.29, 1.82) is 0 Å². The topological polar surface area (TPSA) is 76.1 Å². The first kappa shape index (κ1) is 17.5. The van der Waals surface area contributed by atoms with Gasteiger partial charge in [-0.1, -0.05) is 60.7 Å². The van der Waals surface area contributed by atoms with Crippen molar-refractivity contribution in [3.63, 3.8) is 0 Å². The Hall–Kier alpha value is -2.86. The molecule has 24 heavy (non-hydrogen) atoms. The highest BCUT2D eigenvalue weighted by molar-refractivity contribution is 5.79. The number of amides is 1. The van der Waals surface area contributed by atoms with E-state index in [0.717, 1.165) is 16.2 Å². The summed E-state index contributed by atoms with van der Waals surface area (Å²) in [4.78, 5) is 28.7. The van der Waals surface area contributed by atoms with Crippen molar-refractivity contribution in [2.75, 3.05) is 7.11 Å². The third kappa shape index (κ3) is 4.82. The van der Waals surface area contributed by atoms with Crippen LogP contribution >= 0.6 is 0 Å². The molecule has 6 nitrogen and oxygen atoms in total. The Morgan fingerprint density at radius 3 is 2.04 bits per heavy atom. The first-order valence-electron chi connectivity index (χ1n) is 7.42. The van der Waals surface area contributed by atoms with E-state index in [1.807, 2.05) is 36.4 Å². The van der Waals surface area contributed by atoms with Gasteiger partial charge in [-0.3, -0.25) is 4.84 Å². The van der Waals surface area contributed by atoms with E-state index in [4.69, 9.17) is 9.57 Å². The Kier molecular flexibility index (Phi) is 6.33. The van der Waals surface area contributed by atoms with Gasteiger partial charge in [0.15, 0.2) is 6.04 Å². The molecule has 126 valence electrons. The number of carbonyl (C=O) groups excluding carboxylic acids is 1. The summed E-state index contributed by atoms with van der Waals surface area (Å²) < 4.78 is 5.15. The van der Waals surface area contributed by atoms with Crippen molar-refractivity contribution in [3.05, 3.63) is 71.8 Å². The molecule has 1 N–H and O–H groups in total. The third-order valence-electron chi connectivity index (χ3n) is 3.42. The van der Waals surface area contributed by atoms with Crippen LogP contribution in [0.25, 0.3) is 0 Å². The number of ether oxygens (including phenoxy) is 1. The summed E-state index contributed by atoms with van der Waals surface area (Å²) in [5.41, 5.74) is 1.58. The highest BCUT2D eigenvalue weighted by Gasteiger charge is 2.31. The summed E-state index contributed by atoms with van der Waals surface area (Å²) in [6, 6.07) is 17.0. The molecular weight excluding hydrogens is 310 g/mol. The number of hydroxylamine groups is 2. The Morgan fingerprint density at radius 2 is 1.54 bits per heavy atom. The van der Waals surface area contributed by atoms with Gasteiger partial charge in [0.2, 0.25) is 0 Å². The van der Waals surface area contributed by atoms with Gasteiger partial charge in [-0.2, -0.15) is 5.06 Å². The molecular formula is C18H19NO5. The van der Waals surface area contributed by atoms with Crippen molar-refractivity contribution >= 4 is 12.1 Å². The molecule has 1 amide bonds. The third-order valence-corrected chi connectivity index (χ3v) is 3.42. The maximum absolute atomic E-state index is 12.2. The van der Waals surface area contributed by atoms with E-state index < -0.39 is 18.1 Å². The van der Waals surface area contributed by atoms with E-state index in [1.54, 1.807) is 24.3 Å². The minimum atomic E-state index is -1.18. The molecule has 0 bridgehead atoms. The van der Waals surface area contributed by atoms with Gasteiger partial charge in [0.25, 0.3) is 0 Å². The maximum atomic E-state index is 12.2. The molecule has 0 aliphatic carbocycles. The Morgan fingerprint density at radius 1 is 1.00 bits per heavy atom. The molecule has 0 aliphatic heterocycles. The Labute approximate surface area is 140 Å². The molecule has 0 radical (unpaired) electrons. The molecule has 2 rings (SSSR count). The van der Waals surface area contributed by atoms with Gasteiger partial charge in [-0.15, -0.1) is 0 Å². The van der Waals surface area contributed by atoms with Crippen molar-refractivity contribution < 1.29 is 24.3 Å². The lowest BCUT2D eigenvalue weighted by Gasteiger charge is -2.25. The number of carboxylic acids is 1. The molecule has 0 saturated carbocycles. The average Bonchev–Trinajstić information content (AvgIpc) is 2.61. The van der Waals surface area contributed by atoms with Gasteiger partial charge < -0.3 is 9.84 Å². The molecule has 0 unspecified atom stereocenters. The highest BCUT2D eigenvalue weighted by Crippen LogP contribution is 2.12. The maximum Gasteiger partial charge on any atom is 0.435 e. The van der Waals surface area contributed by atoms with Crippen molar-refractivity contribution in [1.82, 2.24) is 5.06 Å². The van der Waals surface area contributed by atoms with Crippen LogP contribution in [0.4, 0.5) is 4.79 Å². The van der Waals surface area contributed by atoms with Gasteiger partial charge in [0, 0.05) is 6.42 Å². The van der Waals surface area contributed by atoms with Crippen molar-refractivity contribution in [2.45, 2.75) is 19.1 Å². The summed E-state index contributed by atoms with van der Waals surface area (Å²) >= 11 is 0. The fourth-order valence-electron chi connectivity index (χ4n) is 2.22. The first-order valence-corrected chi connectivity index (χ1v) is 7.42. The van der Waals surface area contributed by atoms with E-state index in [1.165, 1.54) is 7.11 Å². The van der Waals surface area contributed by atoms with Crippen molar-refractivity contribution in [3.8, 4) is 0 Å². The lowest BCUT2D eigenvalue weighted by molar-refractivity contribution is -0.171. The fourth-order valence-corrected chi connectivity index (χ4v) is 2.22. The van der Waals surface area contributed by atoms with Gasteiger partial charge in [0.05, 0.1) is 7.11 Å². The first-order chi connectivity index (χ1) is 11.6. The minimum Gasteiger partial charge on any atom is -0.480 e. The fraction of sp³-hybridized carbons (Fsp3) is 0.222. The summed E-state index contributed by atoms with van der Waals surface area (Å²) in [5.74, 6) is -1.17. The number of aliphatic carboxylic acids is 1. The van der Waals surface area contributed by atoms with Crippen LogP contribution in [-0.4, -0.2) is 35.4 Å². The SMILES string of the molecule is CON(C(=O)OCc1ccccc1)[C@@H](Cc1ccccc1)C(=O)O. The zero-order chi connectivity index (χ0) is 17.4. The zero-order valence-corrected chi connectivity index (χ0v) is 13.3. The number of hydrogen-bond donors (Lipinski definition) is 1. The molecule has 2 aromatic rings. The summed E-state index contributed by atoms with van der Waals surface area (Å²) in [6.07, 6.45) is -0.727. The second-order valence-electron chi connectivity index (χ2n) is 5.09. The number of carbonyl (C=O) groups is 2.